The molecular weight excluding hydrogens is 270 g/mol. The minimum absolute atomic E-state index is 0.0176. The van der Waals surface area contributed by atoms with Gasteiger partial charge in [-0.1, -0.05) is 48.5 Å². The van der Waals surface area contributed by atoms with E-state index in [0.717, 1.165) is 36.2 Å². The van der Waals surface area contributed by atoms with Crippen LogP contribution in [0.4, 0.5) is 5.69 Å². The maximum atomic E-state index is 12.1. The highest BCUT2D eigenvalue weighted by atomic mass is 35.5. The first kappa shape index (κ1) is 13.2. The molecule has 0 unspecified atom stereocenters. The fourth-order valence-electron chi connectivity index (χ4n) is 2.82. The van der Waals surface area contributed by atoms with Crippen molar-refractivity contribution in [3.05, 3.63) is 54.1 Å². The Morgan fingerprint density at radius 3 is 2.65 bits per heavy atom. The zero-order valence-electron chi connectivity index (χ0n) is 11.2. The molecule has 0 saturated carbocycles. The molecule has 1 aliphatic rings. The maximum Gasteiger partial charge on any atom is 0.241 e. The number of aryl methyl sites for hydroxylation is 1. The van der Waals surface area contributed by atoms with Crippen LogP contribution in [0.2, 0.25) is 0 Å². The topological polar surface area (TPSA) is 20.3 Å². The molecule has 1 aliphatic heterocycles. The summed E-state index contributed by atoms with van der Waals surface area (Å²) in [6.07, 6.45) is 2.01. The molecule has 2 aromatic carbocycles. The van der Waals surface area contributed by atoms with Gasteiger partial charge in [-0.25, -0.2) is 0 Å². The van der Waals surface area contributed by atoms with Gasteiger partial charge in [-0.2, -0.15) is 0 Å². The summed E-state index contributed by atoms with van der Waals surface area (Å²) in [4.78, 5) is 13.9. The van der Waals surface area contributed by atoms with E-state index in [2.05, 4.69) is 30.3 Å². The highest BCUT2D eigenvalue weighted by molar-refractivity contribution is 6.29. The molecule has 0 bridgehead atoms. The second-order valence-electron chi connectivity index (χ2n) is 4.96. The third-order valence-corrected chi connectivity index (χ3v) is 3.95. The summed E-state index contributed by atoms with van der Waals surface area (Å²) in [5, 5.41) is 0. The van der Waals surface area contributed by atoms with Crippen molar-refractivity contribution in [2.45, 2.75) is 12.8 Å². The Labute approximate surface area is 124 Å². The number of hydrogen-bond donors (Lipinski definition) is 0. The van der Waals surface area contributed by atoms with Crippen LogP contribution in [-0.2, 0) is 11.2 Å². The number of alkyl halides is 1. The van der Waals surface area contributed by atoms with Gasteiger partial charge in [0.05, 0.1) is 5.69 Å². The Bertz CT molecular complexity index is 624. The van der Waals surface area contributed by atoms with Crippen molar-refractivity contribution in [3.8, 4) is 11.1 Å². The van der Waals surface area contributed by atoms with E-state index in [0.29, 0.717) is 0 Å². The van der Waals surface area contributed by atoms with Gasteiger partial charge >= 0.3 is 0 Å². The lowest BCUT2D eigenvalue weighted by Crippen LogP contribution is -2.36. The standard InChI is InChI=1S/C17H16ClNO/c18-12-16(20)19-11-5-9-14-8-4-10-15(17(14)19)13-6-2-1-3-7-13/h1-4,6-8,10H,5,9,11-12H2. The maximum absolute atomic E-state index is 12.1. The Morgan fingerprint density at radius 2 is 1.90 bits per heavy atom. The highest BCUT2D eigenvalue weighted by Crippen LogP contribution is 2.37. The van der Waals surface area contributed by atoms with E-state index in [9.17, 15) is 4.79 Å². The van der Waals surface area contributed by atoms with Crippen LogP contribution < -0.4 is 4.90 Å². The lowest BCUT2D eigenvalue weighted by Gasteiger charge is -2.31. The van der Waals surface area contributed by atoms with Gasteiger partial charge in [-0.15, -0.1) is 11.6 Å². The van der Waals surface area contributed by atoms with Crippen LogP contribution in [-0.4, -0.2) is 18.3 Å². The number of amides is 1. The molecule has 0 radical (unpaired) electrons. The van der Waals surface area contributed by atoms with Gasteiger partial charge in [-0.3, -0.25) is 4.79 Å². The number of rotatable bonds is 2. The van der Waals surface area contributed by atoms with Crippen molar-refractivity contribution in [2.75, 3.05) is 17.3 Å². The van der Waals surface area contributed by atoms with Gasteiger partial charge in [0.2, 0.25) is 5.91 Å². The molecule has 1 heterocycles. The Hall–Kier alpha value is -1.80. The lowest BCUT2D eigenvalue weighted by atomic mass is 9.94. The first-order valence-electron chi connectivity index (χ1n) is 6.85. The molecule has 3 heteroatoms. The van der Waals surface area contributed by atoms with Gasteiger partial charge in [-0.05, 0) is 24.0 Å². The highest BCUT2D eigenvalue weighted by Gasteiger charge is 2.24. The number of anilines is 1. The zero-order valence-corrected chi connectivity index (χ0v) is 11.9. The number of fused-ring (bicyclic) bond motifs is 1. The summed E-state index contributed by atoms with van der Waals surface area (Å²) in [6, 6.07) is 16.4. The molecule has 0 atom stereocenters. The number of benzene rings is 2. The van der Waals surface area contributed by atoms with Crippen LogP contribution in [0, 0.1) is 0 Å². The van der Waals surface area contributed by atoms with Crippen molar-refractivity contribution in [1.82, 2.24) is 0 Å². The van der Waals surface area contributed by atoms with Crippen molar-refractivity contribution >= 4 is 23.2 Å². The molecular formula is C17H16ClNO. The van der Waals surface area contributed by atoms with E-state index < -0.39 is 0 Å². The Morgan fingerprint density at radius 1 is 1.10 bits per heavy atom. The van der Waals surface area contributed by atoms with E-state index >= 15 is 0 Å². The van der Waals surface area contributed by atoms with Gasteiger partial charge in [0, 0.05) is 12.1 Å². The molecule has 2 nitrogen and oxygen atoms in total. The van der Waals surface area contributed by atoms with Gasteiger partial charge in [0.25, 0.3) is 0 Å². The monoisotopic (exact) mass is 285 g/mol. The summed E-state index contributed by atoms with van der Waals surface area (Å²) in [6.45, 7) is 0.752. The third-order valence-electron chi connectivity index (χ3n) is 3.72. The molecule has 0 N–H and O–H groups in total. The number of nitrogens with zero attached hydrogens (tertiary/aromatic N) is 1. The molecule has 2 aromatic rings. The van der Waals surface area contributed by atoms with E-state index in [4.69, 9.17) is 11.6 Å². The van der Waals surface area contributed by atoms with E-state index in [-0.39, 0.29) is 11.8 Å². The molecule has 102 valence electrons. The molecule has 20 heavy (non-hydrogen) atoms. The van der Waals surface area contributed by atoms with Crippen LogP contribution >= 0.6 is 11.6 Å². The Balaban J connectivity index is 2.16. The Kier molecular flexibility index (Phi) is 3.75. The number of halogens is 1. The van der Waals surface area contributed by atoms with E-state index in [1.54, 1.807) is 0 Å². The summed E-state index contributed by atoms with van der Waals surface area (Å²) < 4.78 is 0. The molecule has 0 aliphatic carbocycles. The van der Waals surface area contributed by atoms with Crippen LogP contribution in [0.1, 0.15) is 12.0 Å². The lowest BCUT2D eigenvalue weighted by molar-refractivity contribution is -0.116. The van der Waals surface area contributed by atoms with Crippen molar-refractivity contribution in [1.29, 1.82) is 0 Å². The van der Waals surface area contributed by atoms with Crippen molar-refractivity contribution in [2.24, 2.45) is 0 Å². The van der Waals surface area contributed by atoms with Gasteiger partial charge in [0.1, 0.15) is 5.88 Å². The normalized spacial score (nSPS) is 13.9. The van der Waals surface area contributed by atoms with E-state index in [1.807, 2.05) is 23.1 Å². The average molecular weight is 286 g/mol. The number of hydrogen-bond acceptors (Lipinski definition) is 1. The van der Waals surface area contributed by atoms with Crippen LogP contribution in [0.25, 0.3) is 11.1 Å². The molecule has 1 amide bonds. The molecule has 0 aromatic heterocycles. The predicted molar refractivity (Wildman–Crippen MR) is 83.3 cm³/mol. The van der Waals surface area contributed by atoms with Crippen LogP contribution in [0.3, 0.4) is 0 Å². The molecule has 0 saturated heterocycles. The summed E-state index contributed by atoms with van der Waals surface area (Å²) >= 11 is 5.76. The predicted octanol–water partition coefficient (Wildman–Crippen LogP) is 3.87. The van der Waals surface area contributed by atoms with Crippen molar-refractivity contribution < 1.29 is 4.79 Å². The third kappa shape index (κ3) is 2.32. The first-order valence-corrected chi connectivity index (χ1v) is 7.38. The fraction of sp³-hybridized carbons (Fsp3) is 0.235. The minimum Gasteiger partial charge on any atom is -0.310 e. The molecule has 0 spiro atoms. The summed E-state index contributed by atoms with van der Waals surface area (Å²) in [7, 11) is 0. The zero-order chi connectivity index (χ0) is 13.9. The van der Waals surface area contributed by atoms with Gasteiger partial charge in [0.15, 0.2) is 0 Å². The molecule has 0 fully saturated rings. The second-order valence-corrected chi connectivity index (χ2v) is 5.23. The van der Waals surface area contributed by atoms with Crippen LogP contribution in [0.5, 0.6) is 0 Å². The molecule has 3 rings (SSSR count). The second kappa shape index (κ2) is 5.68. The smallest absolute Gasteiger partial charge is 0.241 e. The van der Waals surface area contributed by atoms with Crippen molar-refractivity contribution in [3.63, 3.8) is 0 Å². The van der Waals surface area contributed by atoms with Crippen LogP contribution in [0.15, 0.2) is 48.5 Å². The quantitative estimate of drug-likeness (QED) is 0.767. The number of carbonyl (C=O) groups is 1. The van der Waals surface area contributed by atoms with E-state index in [1.165, 1.54) is 5.56 Å². The average Bonchev–Trinajstić information content (AvgIpc) is 2.53. The SMILES string of the molecule is O=C(CCl)N1CCCc2cccc(-c3ccccc3)c21. The van der Waals surface area contributed by atoms with Gasteiger partial charge < -0.3 is 4.90 Å². The fourth-order valence-corrected chi connectivity index (χ4v) is 2.97. The summed E-state index contributed by atoms with van der Waals surface area (Å²) in [5.74, 6) is 0.0127. The summed E-state index contributed by atoms with van der Waals surface area (Å²) in [5.41, 5.74) is 4.52. The minimum atomic E-state index is -0.0176. The number of para-hydroxylation sites is 1. The number of carbonyl (C=O) groups excluding carboxylic acids is 1. The largest absolute Gasteiger partial charge is 0.310 e. The first-order chi connectivity index (χ1) is 9.81.